The Kier molecular flexibility index (Phi) is 2.52. The molecular weight excluding hydrogens is 170 g/mol. The molecule has 1 aromatic rings. The highest BCUT2D eigenvalue weighted by molar-refractivity contribution is 7.31. The highest BCUT2D eigenvalue weighted by atomic mass is 31.1. The molecule has 0 fully saturated rings. The summed E-state index contributed by atoms with van der Waals surface area (Å²) in [6.07, 6.45) is 0. The zero-order valence-corrected chi connectivity index (χ0v) is 6.25. The Labute approximate surface area is 63.4 Å². The first-order valence-electron chi connectivity index (χ1n) is 2.76. The maximum Gasteiger partial charge on any atom is 0.539 e. The Morgan fingerprint density at radius 2 is 1.91 bits per heavy atom. The molecule has 3 nitrogen and oxygen atoms in total. The second-order valence-corrected chi connectivity index (χ2v) is 2.40. The number of halogens is 1. The summed E-state index contributed by atoms with van der Waals surface area (Å²) in [6, 6.07) is 4.71. The van der Waals surface area contributed by atoms with Crippen molar-refractivity contribution >= 4 is 8.25 Å². The van der Waals surface area contributed by atoms with Crippen LogP contribution in [0.3, 0.4) is 0 Å². The summed E-state index contributed by atoms with van der Waals surface area (Å²) in [6.45, 7) is 0. The van der Waals surface area contributed by atoms with E-state index in [2.05, 4.69) is 4.52 Å². The summed E-state index contributed by atoms with van der Waals surface area (Å²) in [5, 5.41) is 0. The maximum atomic E-state index is 12.2. The van der Waals surface area contributed by atoms with Crippen molar-refractivity contribution < 1.29 is 18.4 Å². The van der Waals surface area contributed by atoms with Gasteiger partial charge in [-0.15, -0.1) is 0 Å². The summed E-state index contributed by atoms with van der Waals surface area (Å²) in [4.78, 5) is 9.97. The molecule has 0 heterocycles. The Morgan fingerprint density at radius 3 is 2.36 bits per heavy atom. The predicted octanol–water partition coefficient (Wildman–Crippen LogP) is 1.22. The zero-order valence-electron chi connectivity index (χ0n) is 5.36. The van der Waals surface area contributed by atoms with Crippen molar-refractivity contribution in [3.63, 3.8) is 0 Å². The molecule has 58 valence electrons. The van der Waals surface area contributed by atoms with E-state index >= 15 is 0 Å². The van der Waals surface area contributed by atoms with Crippen LogP contribution < -0.4 is 9.42 Å². The van der Waals surface area contributed by atoms with Gasteiger partial charge in [0.05, 0.1) is 0 Å². The Morgan fingerprint density at radius 1 is 1.36 bits per heavy atom. The fraction of sp³-hybridized carbons (Fsp3) is 0. The molecule has 0 aromatic heterocycles. The Hall–Kier alpha value is -0.990. The molecule has 0 saturated heterocycles. The van der Waals surface area contributed by atoms with Crippen molar-refractivity contribution in [2.45, 2.75) is 0 Å². The molecule has 0 aliphatic rings. The molecule has 0 amide bonds. The van der Waals surface area contributed by atoms with Crippen molar-refractivity contribution in [3.8, 4) is 5.75 Å². The quantitative estimate of drug-likeness (QED) is 0.633. The molecule has 0 spiro atoms. The molecule has 0 aliphatic carbocycles. The minimum Gasteiger partial charge on any atom is -0.558 e. The molecule has 0 N–H and O–H groups in total. The van der Waals surface area contributed by atoms with Crippen LogP contribution >= 0.6 is 8.25 Å². The highest BCUT2D eigenvalue weighted by Crippen LogP contribution is 2.19. The lowest BCUT2D eigenvalue weighted by atomic mass is 10.3. The van der Waals surface area contributed by atoms with Gasteiger partial charge in [0.1, 0.15) is 5.82 Å². The topological polar surface area (TPSA) is 49.4 Å². The molecule has 0 saturated carbocycles. The van der Waals surface area contributed by atoms with Gasteiger partial charge < -0.3 is 4.89 Å². The van der Waals surface area contributed by atoms with E-state index < -0.39 is 14.1 Å². The van der Waals surface area contributed by atoms with Crippen LogP contribution in [0.25, 0.3) is 0 Å². The summed E-state index contributed by atoms with van der Waals surface area (Å²) < 4.78 is 26.4. The molecule has 0 bridgehead atoms. The number of hydrogen-bond acceptors (Lipinski definition) is 3. The first-order valence-corrected chi connectivity index (χ1v) is 3.86. The van der Waals surface area contributed by atoms with Gasteiger partial charge in [-0.1, -0.05) is 0 Å². The van der Waals surface area contributed by atoms with Crippen LogP contribution in [0.4, 0.5) is 4.39 Å². The Balaban J connectivity index is 2.74. The third kappa shape index (κ3) is 2.62. The number of rotatable bonds is 2. The largest absolute Gasteiger partial charge is 0.558 e. The van der Waals surface area contributed by atoms with Crippen molar-refractivity contribution in [3.05, 3.63) is 30.1 Å². The average molecular weight is 174 g/mol. The van der Waals surface area contributed by atoms with Crippen LogP contribution in [-0.2, 0) is 4.57 Å². The van der Waals surface area contributed by atoms with Crippen LogP contribution in [0, 0.1) is 5.82 Å². The van der Waals surface area contributed by atoms with Gasteiger partial charge in [0.15, 0.2) is 5.75 Å². The number of benzene rings is 1. The second-order valence-electron chi connectivity index (χ2n) is 1.77. The second kappa shape index (κ2) is 3.42. The van der Waals surface area contributed by atoms with Gasteiger partial charge in [-0.05, 0) is 28.8 Å². The fourth-order valence-electron chi connectivity index (χ4n) is 0.582. The first-order chi connectivity index (χ1) is 5.18. The van der Waals surface area contributed by atoms with E-state index in [4.69, 9.17) is 0 Å². The summed E-state index contributed by atoms with van der Waals surface area (Å²) in [5.74, 6) is -0.319. The van der Waals surface area contributed by atoms with Crippen molar-refractivity contribution in [1.29, 1.82) is 0 Å². The third-order valence-corrected chi connectivity index (χ3v) is 1.35. The van der Waals surface area contributed by atoms with E-state index in [-0.39, 0.29) is 5.75 Å². The lowest BCUT2D eigenvalue weighted by molar-refractivity contribution is -0.178. The van der Waals surface area contributed by atoms with Crippen molar-refractivity contribution in [2.75, 3.05) is 0 Å². The molecule has 1 aromatic carbocycles. The molecule has 0 aliphatic heterocycles. The minimum atomic E-state index is -2.91. The molecule has 1 rings (SSSR count). The average Bonchev–Trinajstić information content (AvgIpc) is 1.93. The predicted molar refractivity (Wildman–Crippen MR) is 34.6 cm³/mol. The third-order valence-electron chi connectivity index (χ3n) is 0.994. The van der Waals surface area contributed by atoms with Crippen LogP contribution in [0.5, 0.6) is 5.75 Å². The molecular formula is C6H4FO3P. The smallest absolute Gasteiger partial charge is 0.539 e. The first kappa shape index (κ1) is 8.11. The maximum absolute atomic E-state index is 12.2. The van der Waals surface area contributed by atoms with Gasteiger partial charge in [-0.25, -0.2) is 4.39 Å². The van der Waals surface area contributed by atoms with E-state index in [0.29, 0.717) is 0 Å². The van der Waals surface area contributed by atoms with Crippen LogP contribution in [0.1, 0.15) is 0 Å². The van der Waals surface area contributed by atoms with Gasteiger partial charge >= 0.3 is 8.25 Å². The van der Waals surface area contributed by atoms with Crippen molar-refractivity contribution in [1.82, 2.24) is 0 Å². The lowest BCUT2D eigenvalue weighted by Gasteiger charge is -1.92. The summed E-state index contributed by atoms with van der Waals surface area (Å²) >= 11 is 0. The normalized spacial score (nSPS) is 10.9. The molecule has 11 heavy (non-hydrogen) atoms. The lowest BCUT2D eigenvalue weighted by Crippen LogP contribution is -1.92. The summed E-state index contributed by atoms with van der Waals surface area (Å²) in [7, 11) is -2.91. The van der Waals surface area contributed by atoms with Crippen LogP contribution in [0.15, 0.2) is 24.3 Å². The van der Waals surface area contributed by atoms with Crippen LogP contribution in [0.2, 0.25) is 0 Å². The van der Waals surface area contributed by atoms with E-state index in [1.807, 2.05) is 0 Å². The Bertz CT molecular complexity index is 259. The van der Waals surface area contributed by atoms with Gasteiger partial charge in [0, 0.05) is 0 Å². The molecule has 1 unspecified atom stereocenters. The molecule has 0 radical (unpaired) electrons. The molecule has 1 atom stereocenters. The van der Waals surface area contributed by atoms with E-state index in [1.54, 1.807) is 0 Å². The van der Waals surface area contributed by atoms with Gasteiger partial charge in [0.2, 0.25) is 0 Å². The van der Waals surface area contributed by atoms with E-state index in [9.17, 15) is 13.8 Å². The minimum absolute atomic E-state index is 0.113. The van der Waals surface area contributed by atoms with Crippen molar-refractivity contribution in [2.24, 2.45) is 0 Å². The van der Waals surface area contributed by atoms with E-state index in [0.717, 1.165) is 12.1 Å². The zero-order chi connectivity index (χ0) is 8.27. The van der Waals surface area contributed by atoms with Gasteiger partial charge in [0.25, 0.3) is 0 Å². The monoisotopic (exact) mass is 174 g/mol. The molecule has 5 heteroatoms. The standard InChI is InChI=1S/C6H4FO3P/c7-5-1-3-6(4-2-5)10-11(8)9/h1-4H. The fourth-order valence-corrected chi connectivity index (χ4v) is 0.875. The summed E-state index contributed by atoms with van der Waals surface area (Å²) in [5.41, 5.74) is 0. The van der Waals surface area contributed by atoms with Gasteiger partial charge in [-0.2, -0.15) is 0 Å². The van der Waals surface area contributed by atoms with E-state index in [1.165, 1.54) is 12.1 Å². The number of hydrogen-bond donors (Lipinski definition) is 0. The van der Waals surface area contributed by atoms with Crippen LogP contribution in [-0.4, -0.2) is 0 Å². The highest BCUT2D eigenvalue weighted by Gasteiger charge is 2.03. The van der Waals surface area contributed by atoms with Gasteiger partial charge in [-0.3, -0.25) is 4.52 Å². The SMILES string of the molecule is O=[P+]([O-])Oc1ccc(F)cc1.